The van der Waals surface area contributed by atoms with Gasteiger partial charge in [0, 0.05) is 17.7 Å². The van der Waals surface area contributed by atoms with Gasteiger partial charge in [-0.25, -0.2) is 9.78 Å². The van der Waals surface area contributed by atoms with E-state index in [0.717, 1.165) is 21.8 Å². The van der Waals surface area contributed by atoms with Crippen molar-refractivity contribution >= 4 is 23.0 Å². The Bertz CT molecular complexity index is 844. The van der Waals surface area contributed by atoms with E-state index in [1.165, 1.54) is 11.3 Å². The number of carbonyl (C=O) groups excluding carboxylic acids is 1. The van der Waals surface area contributed by atoms with Gasteiger partial charge in [-0.15, -0.1) is 11.3 Å². The van der Waals surface area contributed by atoms with Gasteiger partial charge in [-0.2, -0.15) is 0 Å². The molecule has 3 aromatic rings. The van der Waals surface area contributed by atoms with Crippen molar-refractivity contribution in [1.82, 2.24) is 4.98 Å². The third-order valence-electron chi connectivity index (χ3n) is 3.56. The molecule has 2 aromatic carbocycles. The predicted octanol–water partition coefficient (Wildman–Crippen LogP) is 4.16. The average Bonchev–Trinajstić information content (AvgIpc) is 3.00. The van der Waals surface area contributed by atoms with Gasteiger partial charge in [0.2, 0.25) is 0 Å². The van der Waals surface area contributed by atoms with Gasteiger partial charge in [0.1, 0.15) is 9.88 Å². The van der Waals surface area contributed by atoms with Crippen LogP contribution in [-0.2, 0) is 11.2 Å². The summed E-state index contributed by atoms with van der Waals surface area (Å²) in [5.41, 5.74) is 9.36. The molecule has 0 atom stereocenters. The van der Waals surface area contributed by atoms with Crippen molar-refractivity contribution in [2.24, 2.45) is 0 Å². The summed E-state index contributed by atoms with van der Waals surface area (Å²) in [5, 5.41) is 0.738. The first-order valence-corrected chi connectivity index (χ1v) is 8.56. The van der Waals surface area contributed by atoms with Crippen LogP contribution >= 0.6 is 11.3 Å². The molecular weight excluding hydrogens is 320 g/mol. The van der Waals surface area contributed by atoms with Gasteiger partial charge < -0.3 is 10.5 Å². The van der Waals surface area contributed by atoms with E-state index >= 15 is 0 Å². The second-order valence-corrected chi connectivity index (χ2v) is 6.26. The number of rotatable bonds is 5. The van der Waals surface area contributed by atoms with Gasteiger partial charge in [0.05, 0.1) is 12.3 Å². The molecule has 0 aliphatic rings. The molecule has 1 aromatic heterocycles. The van der Waals surface area contributed by atoms with Crippen LogP contribution in [0.5, 0.6) is 0 Å². The van der Waals surface area contributed by atoms with Crippen LogP contribution < -0.4 is 5.73 Å². The molecule has 2 N–H and O–H groups in total. The minimum atomic E-state index is -0.332. The molecule has 4 nitrogen and oxygen atoms in total. The molecule has 0 aliphatic heterocycles. The lowest BCUT2D eigenvalue weighted by Gasteiger charge is -2.02. The van der Waals surface area contributed by atoms with Gasteiger partial charge in [-0.05, 0) is 24.6 Å². The van der Waals surface area contributed by atoms with Gasteiger partial charge in [-0.3, -0.25) is 0 Å². The monoisotopic (exact) mass is 338 g/mol. The normalized spacial score (nSPS) is 10.5. The zero-order valence-electron chi connectivity index (χ0n) is 13.4. The van der Waals surface area contributed by atoms with E-state index in [4.69, 9.17) is 10.5 Å². The fourth-order valence-electron chi connectivity index (χ4n) is 2.42. The van der Waals surface area contributed by atoms with Gasteiger partial charge >= 0.3 is 5.97 Å². The molecule has 5 heteroatoms. The largest absolute Gasteiger partial charge is 0.462 e. The number of thiazole rings is 1. The fourth-order valence-corrected chi connectivity index (χ4v) is 3.45. The first kappa shape index (κ1) is 16.2. The van der Waals surface area contributed by atoms with Crippen LogP contribution in [0.4, 0.5) is 5.69 Å². The van der Waals surface area contributed by atoms with E-state index in [-0.39, 0.29) is 5.97 Å². The molecule has 0 spiro atoms. The zero-order valence-corrected chi connectivity index (χ0v) is 14.2. The van der Waals surface area contributed by atoms with Gasteiger partial charge in [0.25, 0.3) is 0 Å². The Morgan fingerprint density at radius 1 is 1.12 bits per heavy atom. The lowest BCUT2D eigenvalue weighted by atomic mass is 10.1. The number of hydrogen-bond acceptors (Lipinski definition) is 5. The van der Waals surface area contributed by atoms with E-state index in [2.05, 4.69) is 4.98 Å². The number of hydrogen-bond donors (Lipinski definition) is 1. The van der Waals surface area contributed by atoms with Crippen molar-refractivity contribution in [1.29, 1.82) is 0 Å². The molecule has 24 heavy (non-hydrogen) atoms. The SMILES string of the molecule is CCOC(=O)c1sc(-c2ccccc2N)nc1Cc1ccccc1. The summed E-state index contributed by atoms with van der Waals surface area (Å²) < 4.78 is 5.19. The highest BCUT2D eigenvalue weighted by molar-refractivity contribution is 7.17. The average molecular weight is 338 g/mol. The maximum absolute atomic E-state index is 12.3. The molecule has 0 saturated carbocycles. The molecule has 0 bridgehead atoms. The van der Waals surface area contributed by atoms with Crippen molar-refractivity contribution in [3.8, 4) is 10.6 Å². The third-order valence-corrected chi connectivity index (χ3v) is 4.67. The highest BCUT2D eigenvalue weighted by Gasteiger charge is 2.21. The summed E-state index contributed by atoms with van der Waals surface area (Å²) >= 11 is 1.33. The van der Waals surface area contributed by atoms with Crippen molar-refractivity contribution in [3.05, 3.63) is 70.7 Å². The molecule has 0 amide bonds. The number of nitrogens with two attached hydrogens (primary N) is 1. The summed E-state index contributed by atoms with van der Waals surface area (Å²) in [6.45, 7) is 2.14. The number of nitrogens with zero attached hydrogens (tertiary/aromatic N) is 1. The number of para-hydroxylation sites is 1. The Balaban J connectivity index is 2.02. The molecule has 122 valence electrons. The number of nitrogen functional groups attached to an aromatic ring is 1. The Morgan fingerprint density at radius 3 is 2.54 bits per heavy atom. The van der Waals surface area contributed by atoms with Crippen LogP contribution in [0.2, 0.25) is 0 Å². The van der Waals surface area contributed by atoms with Crippen molar-refractivity contribution in [2.45, 2.75) is 13.3 Å². The maximum Gasteiger partial charge on any atom is 0.350 e. The number of aromatic nitrogens is 1. The molecule has 0 unspecified atom stereocenters. The smallest absolute Gasteiger partial charge is 0.350 e. The topological polar surface area (TPSA) is 65.2 Å². The number of esters is 1. The highest BCUT2D eigenvalue weighted by atomic mass is 32.1. The number of benzene rings is 2. The summed E-state index contributed by atoms with van der Waals surface area (Å²) in [6.07, 6.45) is 0.582. The van der Waals surface area contributed by atoms with Crippen LogP contribution in [0.1, 0.15) is 27.9 Å². The Hall–Kier alpha value is -2.66. The maximum atomic E-state index is 12.3. The number of ether oxygens (including phenoxy) is 1. The predicted molar refractivity (Wildman–Crippen MR) is 97.2 cm³/mol. The molecule has 0 aliphatic carbocycles. The van der Waals surface area contributed by atoms with Crippen LogP contribution in [0.15, 0.2) is 54.6 Å². The molecular formula is C19H18N2O2S. The molecule has 3 rings (SSSR count). The minimum absolute atomic E-state index is 0.332. The summed E-state index contributed by atoms with van der Waals surface area (Å²) in [7, 11) is 0. The van der Waals surface area contributed by atoms with Gasteiger partial charge in [-0.1, -0.05) is 42.5 Å². The van der Waals surface area contributed by atoms with E-state index in [9.17, 15) is 4.79 Å². The number of anilines is 1. The van der Waals surface area contributed by atoms with Crippen molar-refractivity contribution < 1.29 is 9.53 Å². The quantitative estimate of drug-likeness (QED) is 0.560. The summed E-state index contributed by atoms with van der Waals surface area (Å²) in [5.74, 6) is -0.332. The van der Waals surface area contributed by atoms with E-state index in [1.807, 2.05) is 54.6 Å². The van der Waals surface area contributed by atoms with E-state index in [0.29, 0.717) is 23.6 Å². The van der Waals surface area contributed by atoms with Crippen LogP contribution in [0, 0.1) is 0 Å². The second-order valence-electron chi connectivity index (χ2n) is 5.26. The molecule has 0 radical (unpaired) electrons. The standard InChI is InChI=1S/C19H18N2O2S/c1-2-23-19(22)17-16(12-13-8-4-3-5-9-13)21-18(24-17)14-10-6-7-11-15(14)20/h3-11H,2,12,20H2,1H3. The first-order chi connectivity index (χ1) is 11.7. The first-order valence-electron chi connectivity index (χ1n) is 7.74. The zero-order chi connectivity index (χ0) is 16.9. The van der Waals surface area contributed by atoms with E-state index in [1.54, 1.807) is 6.92 Å². The summed E-state index contributed by atoms with van der Waals surface area (Å²) in [4.78, 5) is 17.5. The Kier molecular flexibility index (Phi) is 4.91. The van der Waals surface area contributed by atoms with Crippen LogP contribution in [0.3, 0.4) is 0 Å². The third kappa shape index (κ3) is 3.46. The van der Waals surface area contributed by atoms with Crippen LogP contribution in [-0.4, -0.2) is 17.6 Å². The van der Waals surface area contributed by atoms with E-state index < -0.39 is 0 Å². The fraction of sp³-hybridized carbons (Fsp3) is 0.158. The minimum Gasteiger partial charge on any atom is -0.462 e. The second kappa shape index (κ2) is 7.27. The highest BCUT2D eigenvalue weighted by Crippen LogP contribution is 2.33. The number of carbonyl (C=O) groups is 1. The van der Waals surface area contributed by atoms with Crippen molar-refractivity contribution in [3.63, 3.8) is 0 Å². The van der Waals surface area contributed by atoms with Gasteiger partial charge in [0.15, 0.2) is 0 Å². The Labute approximate surface area is 144 Å². The summed E-state index contributed by atoms with van der Waals surface area (Å²) in [6, 6.07) is 17.5. The Morgan fingerprint density at radius 2 is 1.83 bits per heavy atom. The lowest BCUT2D eigenvalue weighted by molar-refractivity contribution is 0.0530. The van der Waals surface area contributed by atoms with Crippen LogP contribution in [0.25, 0.3) is 10.6 Å². The molecule has 0 saturated heterocycles. The lowest BCUT2D eigenvalue weighted by Crippen LogP contribution is -2.06. The molecule has 0 fully saturated rings. The molecule has 1 heterocycles. The van der Waals surface area contributed by atoms with Crippen molar-refractivity contribution in [2.75, 3.05) is 12.3 Å².